The first-order chi connectivity index (χ1) is 6.99. The fourth-order valence-corrected chi connectivity index (χ4v) is 1.18. The van der Waals surface area contributed by atoms with Crippen LogP contribution in [0.25, 0.3) is 0 Å². The molecule has 0 bridgehead atoms. The van der Waals surface area contributed by atoms with Crippen molar-refractivity contribution in [2.75, 3.05) is 7.11 Å². The zero-order valence-electron chi connectivity index (χ0n) is 7.49. The monoisotopic (exact) mass is 233 g/mol. The van der Waals surface area contributed by atoms with Crippen molar-refractivity contribution in [2.45, 2.75) is 0 Å². The van der Waals surface area contributed by atoms with Gasteiger partial charge in [-0.25, -0.2) is 9.18 Å². The second-order valence-electron chi connectivity index (χ2n) is 2.51. The molecule has 0 heterocycles. The lowest BCUT2D eigenvalue weighted by Gasteiger charge is -2.02. The summed E-state index contributed by atoms with van der Waals surface area (Å²) in [6, 6.07) is 1.89. The lowest BCUT2D eigenvalue weighted by atomic mass is 10.2. The van der Waals surface area contributed by atoms with E-state index in [0.717, 1.165) is 19.2 Å². The van der Waals surface area contributed by atoms with Crippen molar-refractivity contribution in [2.24, 2.45) is 0 Å². The number of carbonyl (C=O) groups is 1. The van der Waals surface area contributed by atoms with E-state index in [4.69, 9.17) is 11.6 Å². The molecule has 0 atom stereocenters. The number of ether oxygens (including phenoxy) is 1. The zero-order valence-corrected chi connectivity index (χ0v) is 8.25. The highest BCUT2D eigenvalue weighted by atomic mass is 35.5. The van der Waals surface area contributed by atoms with Crippen molar-refractivity contribution in [3.05, 3.63) is 38.7 Å². The molecule has 1 rings (SSSR count). The maximum absolute atomic E-state index is 13.3. The molecule has 0 aliphatic heterocycles. The molecule has 0 unspecified atom stereocenters. The molecule has 0 radical (unpaired) electrons. The summed E-state index contributed by atoms with van der Waals surface area (Å²) in [5.74, 6) is -2.10. The summed E-state index contributed by atoms with van der Waals surface area (Å²) in [7, 11) is 1.07. The Kier molecular flexibility index (Phi) is 3.21. The van der Waals surface area contributed by atoms with Gasteiger partial charge >= 0.3 is 5.97 Å². The number of hydrogen-bond donors (Lipinski definition) is 0. The van der Waals surface area contributed by atoms with Crippen molar-refractivity contribution in [1.29, 1.82) is 0 Å². The van der Waals surface area contributed by atoms with E-state index in [1.807, 2.05) is 0 Å². The van der Waals surface area contributed by atoms with Crippen LogP contribution in [0.4, 0.5) is 10.1 Å². The van der Waals surface area contributed by atoms with Gasteiger partial charge in [0.1, 0.15) is 0 Å². The fraction of sp³-hybridized carbons (Fsp3) is 0.125. The van der Waals surface area contributed by atoms with Crippen LogP contribution < -0.4 is 0 Å². The van der Waals surface area contributed by atoms with Crippen LogP contribution in [-0.4, -0.2) is 18.0 Å². The number of esters is 1. The second-order valence-corrected chi connectivity index (χ2v) is 2.89. The van der Waals surface area contributed by atoms with Gasteiger partial charge in [-0.05, 0) is 6.07 Å². The number of methoxy groups -OCH3 is 1. The van der Waals surface area contributed by atoms with Crippen LogP contribution in [0.15, 0.2) is 12.1 Å². The smallest absolute Gasteiger partial charge is 0.340 e. The first-order valence-electron chi connectivity index (χ1n) is 3.69. The molecule has 1 aromatic rings. The Bertz CT molecular complexity index is 435. The van der Waals surface area contributed by atoms with E-state index in [0.29, 0.717) is 0 Å². The highest BCUT2D eigenvalue weighted by Crippen LogP contribution is 2.29. The van der Waals surface area contributed by atoms with Crippen LogP contribution in [0.3, 0.4) is 0 Å². The Labute approximate surface area is 88.6 Å². The predicted octanol–water partition coefficient (Wildman–Crippen LogP) is 2.17. The lowest BCUT2D eigenvalue weighted by molar-refractivity contribution is -0.384. The molecule has 0 aliphatic rings. The third-order valence-corrected chi connectivity index (χ3v) is 2.02. The van der Waals surface area contributed by atoms with Gasteiger partial charge in [0.15, 0.2) is 10.8 Å². The van der Waals surface area contributed by atoms with Gasteiger partial charge < -0.3 is 4.74 Å². The summed E-state index contributed by atoms with van der Waals surface area (Å²) < 4.78 is 17.6. The van der Waals surface area contributed by atoms with Crippen molar-refractivity contribution in [3.63, 3.8) is 0 Å². The summed E-state index contributed by atoms with van der Waals surface area (Å²) >= 11 is 5.37. The predicted molar refractivity (Wildman–Crippen MR) is 49.4 cm³/mol. The van der Waals surface area contributed by atoms with E-state index < -0.39 is 33.0 Å². The second kappa shape index (κ2) is 4.22. The molecule has 7 heteroatoms. The van der Waals surface area contributed by atoms with Gasteiger partial charge in [0, 0.05) is 6.07 Å². The first kappa shape index (κ1) is 11.4. The van der Waals surface area contributed by atoms with E-state index >= 15 is 0 Å². The maximum atomic E-state index is 13.3. The topological polar surface area (TPSA) is 69.4 Å². The molecule has 5 nitrogen and oxygen atoms in total. The minimum atomic E-state index is -1.15. The average molecular weight is 234 g/mol. The lowest BCUT2D eigenvalue weighted by Crippen LogP contribution is -2.05. The van der Waals surface area contributed by atoms with Gasteiger partial charge in [0.2, 0.25) is 0 Å². The Morgan fingerprint density at radius 1 is 1.60 bits per heavy atom. The van der Waals surface area contributed by atoms with Crippen LogP contribution >= 0.6 is 11.6 Å². The number of benzene rings is 1. The number of nitrogens with zero attached hydrogens (tertiary/aromatic N) is 1. The van der Waals surface area contributed by atoms with E-state index in [1.165, 1.54) is 0 Å². The SMILES string of the molecule is COC(=O)c1ccc([N+](=O)[O-])c(Cl)c1F. The molecule has 0 N–H and O–H groups in total. The Hall–Kier alpha value is -1.69. The van der Waals surface area contributed by atoms with Gasteiger partial charge in [-0.1, -0.05) is 11.6 Å². The van der Waals surface area contributed by atoms with Gasteiger partial charge in [0.05, 0.1) is 17.6 Å². The number of rotatable bonds is 2. The molecule has 15 heavy (non-hydrogen) atoms. The molecule has 0 aliphatic carbocycles. The van der Waals surface area contributed by atoms with Crippen LogP contribution in [0.5, 0.6) is 0 Å². The van der Waals surface area contributed by atoms with Gasteiger partial charge in [-0.2, -0.15) is 0 Å². The summed E-state index contributed by atoms with van der Waals surface area (Å²) in [6.45, 7) is 0. The first-order valence-corrected chi connectivity index (χ1v) is 4.07. The summed E-state index contributed by atoms with van der Waals surface area (Å²) in [5, 5.41) is 9.66. The summed E-state index contributed by atoms with van der Waals surface area (Å²) in [5.41, 5.74) is -1.03. The third kappa shape index (κ3) is 2.04. The number of carbonyl (C=O) groups excluding carboxylic acids is 1. The standard InChI is InChI=1S/C8H5ClFNO4/c1-15-8(12)4-2-3-5(11(13)14)6(9)7(4)10/h2-3H,1H3. The van der Waals surface area contributed by atoms with E-state index in [9.17, 15) is 19.3 Å². The van der Waals surface area contributed by atoms with E-state index in [1.54, 1.807) is 0 Å². The number of hydrogen-bond acceptors (Lipinski definition) is 4. The van der Waals surface area contributed by atoms with Crippen molar-refractivity contribution in [1.82, 2.24) is 0 Å². The molecule has 1 aromatic carbocycles. The van der Waals surface area contributed by atoms with Crippen molar-refractivity contribution < 1.29 is 18.8 Å². The van der Waals surface area contributed by atoms with Crippen molar-refractivity contribution in [3.8, 4) is 0 Å². The number of nitro benzene ring substituents is 1. The van der Waals surface area contributed by atoms with E-state index in [2.05, 4.69) is 4.74 Å². The number of halogens is 2. The quantitative estimate of drug-likeness (QED) is 0.446. The Morgan fingerprint density at radius 3 is 2.67 bits per heavy atom. The highest BCUT2D eigenvalue weighted by Gasteiger charge is 2.22. The average Bonchev–Trinajstić information content (AvgIpc) is 2.20. The normalized spacial score (nSPS) is 9.80. The molecular weight excluding hydrogens is 229 g/mol. The third-order valence-electron chi connectivity index (χ3n) is 1.66. The van der Waals surface area contributed by atoms with Gasteiger partial charge in [-0.3, -0.25) is 10.1 Å². The molecule has 0 amide bonds. The van der Waals surface area contributed by atoms with Crippen LogP contribution in [0.2, 0.25) is 5.02 Å². The van der Waals surface area contributed by atoms with Crippen LogP contribution in [0, 0.1) is 15.9 Å². The van der Waals surface area contributed by atoms with Gasteiger partial charge in [0.25, 0.3) is 5.69 Å². The maximum Gasteiger partial charge on any atom is 0.340 e. The van der Waals surface area contributed by atoms with Crippen LogP contribution in [-0.2, 0) is 4.74 Å². The number of nitro groups is 1. The molecule has 0 aromatic heterocycles. The van der Waals surface area contributed by atoms with Crippen LogP contribution in [0.1, 0.15) is 10.4 Å². The molecule has 0 saturated carbocycles. The van der Waals surface area contributed by atoms with Gasteiger partial charge in [-0.15, -0.1) is 0 Å². The molecule has 80 valence electrons. The van der Waals surface area contributed by atoms with E-state index in [-0.39, 0.29) is 0 Å². The minimum absolute atomic E-state index is 0.437. The zero-order chi connectivity index (χ0) is 11.6. The minimum Gasteiger partial charge on any atom is -0.465 e. The molecule has 0 fully saturated rings. The molecular formula is C8H5ClFNO4. The summed E-state index contributed by atoms with van der Waals surface area (Å²) in [4.78, 5) is 20.5. The molecule has 0 spiro atoms. The Morgan fingerprint density at radius 2 is 2.20 bits per heavy atom. The van der Waals surface area contributed by atoms with Crippen molar-refractivity contribution >= 4 is 23.3 Å². The fourth-order valence-electron chi connectivity index (χ4n) is 0.948. The molecule has 0 saturated heterocycles. The largest absolute Gasteiger partial charge is 0.465 e. The highest BCUT2D eigenvalue weighted by molar-refractivity contribution is 6.33. The summed E-state index contributed by atoms with van der Waals surface area (Å²) in [6.07, 6.45) is 0. The Balaban J connectivity index is 3.33.